The molecule has 7 heteroatoms. The summed E-state index contributed by atoms with van der Waals surface area (Å²) < 4.78 is 23.2. The van der Waals surface area contributed by atoms with E-state index in [-0.39, 0.29) is 28.7 Å². The molecular formula is C14H22N2O3S2. The molecule has 118 valence electrons. The van der Waals surface area contributed by atoms with Crippen LogP contribution >= 0.6 is 11.8 Å². The van der Waals surface area contributed by atoms with Crippen LogP contribution in [-0.2, 0) is 14.6 Å². The Morgan fingerprint density at radius 1 is 1.33 bits per heavy atom. The number of sulfone groups is 1. The smallest absolute Gasteiger partial charge is 0.248 e. The average Bonchev–Trinajstić information content (AvgIpc) is 3.07. The minimum Gasteiger partial charge on any atom is -0.349 e. The van der Waals surface area contributed by atoms with Crippen molar-refractivity contribution < 1.29 is 13.2 Å². The number of carbonyl (C=O) groups is 1. The number of hydrogen-bond donors (Lipinski definition) is 0. The van der Waals surface area contributed by atoms with Crippen molar-refractivity contribution in [3.05, 3.63) is 0 Å². The van der Waals surface area contributed by atoms with Crippen LogP contribution in [-0.4, -0.2) is 54.2 Å². The van der Waals surface area contributed by atoms with Crippen molar-refractivity contribution in [1.82, 2.24) is 4.90 Å². The number of hydrogen-bond acceptors (Lipinski definition) is 4. The Morgan fingerprint density at radius 2 is 2.05 bits per heavy atom. The summed E-state index contributed by atoms with van der Waals surface area (Å²) in [6.45, 7) is 0. The summed E-state index contributed by atoms with van der Waals surface area (Å²) in [5.74, 6) is 1.05. The SMILES string of the molecule is CN1C(=NC(=O)CCC2CCCC2)S[C@@H]2CS(=O)(=O)C[C@H]21. The van der Waals surface area contributed by atoms with Crippen molar-refractivity contribution in [3.63, 3.8) is 0 Å². The van der Waals surface area contributed by atoms with E-state index in [1.54, 1.807) is 0 Å². The minimum absolute atomic E-state index is 0.0126. The number of thioether (sulfide) groups is 1. The zero-order chi connectivity index (χ0) is 15.0. The molecule has 3 rings (SSSR count). The van der Waals surface area contributed by atoms with Crippen molar-refractivity contribution in [2.24, 2.45) is 10.9 Å². The van der Waals surface area contributed by atoms with E-state index in [1.165, 1.54) is 37.4 Å². The molecule has 0 N–H and O–H groups in total. The molecule has 0 aromatic rings. The van der Waals surface area contributed by atoms with Gasteiger partial charge in [-0.15, -0.1) is 0 Å². The fourth-order valence-corrected chi connectivity index (χ4v) is 7.54. The Kier molecular flexibility index (Phi) is 4.32. The van der Waals surface area contributed by atoms with E-state index in [1.807, 2.05) is 11.9 Å². The maximum Gasteiger partial charge on any atom is 0.248 e. The molecule has 0 spiro atoms. The number of amides is 1. The van der Waals surface area contributed by atoms with E-state index in [2.05, 4.69) is 4.99 Å². The van der Waals surface area contributed by atoms with Crippen molar-refractivity contribution in [3.8, 4) is 0 Å². The highest BCUT2D eigenvalue weighted by Crippen LogP contribution is 2.37. The van der Waals surface area contributed by atoms with Crippen LogP contribution in [0.4, 0.5) is 0 Å². The lowest BCUT2D eigenvalue weighted by atomic mass is 10.0. The molecule has 2 aliphatic heterocycles. The van der Waals surface area contributed by atoms with Gasteiger partial charge in [-0.1, -0.05) is 37.4 Å². The topological polar surface area (TPSA) is 66.8 Å². The number of nitrogens with zero attached hydrogens (tertiary/aromatic N) is 2. The molecule has 0 aromatic carbocycles. The monoisotopic (exact) mass is 330 g/mol. The highest BCUT2D eigenvalue weighted by Gasteiger charge is 2.47. The summed E-state index contributed by atoms with van der Waals surface area (Å²) in [5, 5.41) is 0.748. The quantitative estimate of drug-likeness (QED) is 0.788. The van der Waals surface area contributed by atoms with Crippen molar-refractivity contribution >= 4 is 32.7 Å². The Labute approximate surface area is 130 Å². The van der Waals surface area contributed by atoms with E-state index in [9.17, 15) is 13.2 Å². The molecule has 5 nitrogen and oxygen atoms in total. The summed E-state index contributed by atoms with van der Waals surface area (Å²) >= 11 is 1.45. The summed E-state index contributed by atoms with van der Waals surface area (Å²) in [5.41, 5.74) is 0. The number of fused-ring (bicyclic) bond motifs is 1. The van der Waals surface area contributed by atoms with E-state index in [0.717, 1.165) is 6.42 Å². The maximum absolute atomic E-state index is 12.0. The van der Waals surface area contributed by atoms with Gasteiger partial charge in [0.05, 0.1) is 17.5 Å². The molecule has 0 unspecified atom stereocenters. The van der Waals surface area contributed by atoms with Gasteiger partial charge in [0.25, 0.3) is 0 Å². The third-order valence-electron chi connectivity index (χ3n) is 4.79. The Balaban J connectivity index is 1.56. The number of aliphatic imine (C=N–C) groups is 1. The van der Waals surface area contributed by atoms with Gasteiger partial charge in [0.15, 0.2) is 15.0 Å². The van der Waals surface area contributed by atoms with Gasteiger partial charge in [-0.2, -0.15) is 4.99 Å². The van der Waals surface area contributed by atoms with Gasteiger partial charge in [-0.25, -0.2) is 8.42 Å². The van der Waals surface area contributed by atoms with Crippen LogP contribution in [0.25, 0.3) is 0 Å². The maximum atomic E-state index is 12.0. The van der Waals surface area contributed by atoms with Crippen LogP contribution in [0.5, 0.6) is 0 Å². The first-order valence-corrected chi connectivity index (χ1v) is 10.4. The second-order valence-electron chi connectivity index (χ2n) is 6.39. The number of amidine groups is 1. The molecule has 1 amide bonds. The molecule has 3 aliphatic rings. The number of carbonyl (C=O) groups excluding carboxylic acids is 1. The predicted molar refractivity (Wildman–Crippen MR) is 85.2 cm³/mol. The molecule has 2 saturated heterocycles. The van der Waals surface area contributed by atoms with Crippen molar-refractivity contribution in [1.29, 1.82) is 0 Å². The van der Waals surface area contributed by atoms with E-state index >= 15 is 0 Å². The lowest BCUT2D eigenvalue weighted by Crippen LogP contribution is -2.34. The van der Waals surface area contributed by atoms with Gasteiger partial charge in [0.1, 0.15) is 0 Å². The molecule has 3 fully saturated rings. The second kappa shape index (κ2) is 5.91. The normalized spacial score (nSPS) is 33.8. The highest BCUT2D eigenvalue weighted by atomic mass is 32.2. The summed E-state index contributed by atoms with van der Waals surface area (Å²) in [7, 11) is -1.07. The molecule has 2 atom stereocenters. The third kappa shape index (κ3) is 3.44. The van der Waals surface area contributed by atoms with Crippen LogP contribution < -0.4 is 0 Å². The molecule has 0 radical (unpaired) electrons. The number of rotatable bonds is 3. The zero-order valence-electron chi connectivity index (χ0n) is 12.3. The Morgan fingerprint density at radius 3 is 2.71 bits per heavy atom. The first-order chi connectivity index (χ1) is 9.94. The Bertz CT molecular complexity index is 553. The van der Waals surface area contributed by atoms with Gasteiger partial charge in [0, 0.05) is 18.7 Å². The predicted octanol–water partition coefficient (Wildman–Crippen LogP) is 1.68. The van der Waals surface area contributed by atoms with E-state index in [0.29, 0.717) is 17.5 Å². The zero-order valence-corrected chi connectivity index (χ0v) is 14.0. The third-order valence-corrected chi connectivity index (χ3v) is 8.09. The molecule has 0 bridgehead atoms. The fraction of sp³-hybridized carbons (Fsp3) is 0.857. The molecule has 21 heavy (non-hydrogen) atoms. The van der Waals surface area contributed by atoms with Gasteiger partial charge < -0.3 is 4.90 Å². The largest absolute Gasteiger partial charge is 0.349 e. The van der Waals surface area contributed by atoms with Crippen LogP contribution in [0.1, 0.15) is 38.5 Å². The highest BCUT2D eigenvalue weighted by molar-refractivity contribution is 8.15. The van der Waals surface area contributed by atoms with Crippen LogP contribution in [0, 0.1) is 5.92 Å². The molecule has 1 saturated carbocycles. The minimum atomic E-state index is -2.91. The lowest BCUT2D eigenvalue weighted by molar-refractivity contribution is -0.118. The van der Waals surface area contributed by atoms with Crippen LogP contribution in [0.15, 0.2) is 4.99 Å². The van der Waals surface area contributed by atoms with Gasteiger partial charge in [0.2, 0.25) is 5.91 Å². The molecule has 2 heterocycles. The fourth-order valence-electron chi connectivity index (χ4n) is 3.53. The molecular weight excluding hydrogens is 308 g/mol. The average molecular weight is 330 g/mol. The summed E-state index contributed by atoms with van der Waals surface area (Å²) in [4.78, 5) is 18.1. The van der Waals surface area contributed by atoms with E-state index < -0.39 is 9.84 Å². The van der Waals surface area contributed by atoms with Crippen LogP contribution in [0.2, 0.25) is 0 Å². The van der Waals surface area contributed by atoms with Crippen molar-refractivity contribution in [2.75, 3.05) is 18.6 Å². The summed E-state index contributed by atoms with van der Waals surface area (Å²) in [6.07, 6.45) is 6.57. The van der Waals surface area contributed by atoms with Gasteiger partial charge >= 0.3 is 0 Å². The van der Waals surface area contributed by atoms with Gasteiger partial charge in [-0.3, -0.25) is 4.79 Å². The van der Waals surface area contributed by atoms with Crippen LogP contribution in [0.3, 0.4) is 0 Å². The molecule has 1 aliphatic carbocycles. The van der Waals surface area contributed by atoms with Gasteiger partial charge in [-0.05, 0) is 12.3 Å². The molecule has 0 aromatic heterocycles. The second-order valence-corrected chi connectivity index (χ2v) is 9.75. The first-order valence-electron chi connectivity index (χ1n) is 7.66. The first kappa shape index (κ1) is 15.3. The lowest BCUT2D eigenvalue weighted by Gasteiger charge is -2.17. The summed E-state index contributed by atoms with van der Waals surface area (Å²) in [6, 6.07) is -0.0126. The standard InChI is InChI=1S/C14H22N2O3S2/c1-16-11-8-21(18,19)9-12(11)20-14(16)15-13(17)7-6-10-4-2-3-5-10/h10-12H,2-9H2,1H3/t11-,12-/m1/s1. The van der Waals surface area contributed by atoms with E-state index in [4.69, 9.17) is 0 Å². The van der Waals surface area contributed by atoms with Crippen molar-refractivity contribution in [2.45, 2.75) is 49.8 Å². The Hall–Kier alpha value is -0.560.